The number of amides is 1. The number of hydrogen-bond donors (Lipinski definition) is 2. The van der Waals surface area contributed by atoms with Crippen molar-refractivity contribution in [3.8, 4) is 11.4 Å². The Hall–Kier alpha value is -3.38. The number of carbonyl (C=O) groups is 2. The predicted octanol–water partition coefficient (Wildman–Crippen LogP) is 2.37. The molecule has 32 heavy (non-hydrogen) atoms. The van der Waals surface area contributed by atoms with Gasteiger partial charge in [-0.3, -0.25) is 9.52 Å². The van der Waals surface area contributed by atoms with Crippen molar-refractivity contribution in [2.75, 3.05) is 29.2 Å². The van der Waals surface area contributed by atoms with E-state index in [0.717, 1.165) is 11.8 Å². The highest BCUT2D eigenvalue weighted by Crippen LogP contribution is 2.24. The number of anilines is 2. The third-order valence-electron chi connectivity index (χ3n) is 4.20. The molecule has 2 aromatic carbocycles. The van der Waals surface area contributed by atoms with Crippen molar-refractivity contribution in [1.82, 2.24) is 14.8 Å². The number of rotatable bonds is 8. The van der Waals surface area contributed by atoms with Crippen LogP contribution in [-0.4, -0.2) is 54.2 Å². The normalized spacial score (nSPS) is 11.1. The first-order valence-corrected chi connectivity index (χ1v) is 12.1. The quantitative estimate of drug-likeness (QED) is 0.375. The van der Waals surface area contributed by atoms with Gasteiger partial charge >= 0.3 is 5.97 Å². The van der Waals surface area contributed by atoms with Crippen LogP contribution in [0.5, 0.6) is 0 Å². The maximum Gasteiger partial charge on any atom is 0.337 e. The van der Waals surface area contributed by atoms with E-state index in [4.69, 9.17) is 0 Å². The highest BCUT2D eigenvalue weighted by atomic mass is 32.2. The molecular formula is C20H21N5O5S2. The second-order valence-corrected chi connectivity index (χ2v) is 9.41. The summed E-state index contributed by atoms with van der Waals surface area (Å²) in [7, 11) is -0.264. The average Bonchev–Trinajstić information content (AvgIpc) is 3.12. The van der Waals surface area contributed by atoms with Gasteiger partial charge in [-0.15, -0.1) is 10.2 Å². The Bertz CT molecular complexity index is 1220. The topological polar surface area (TPSA) is 132 Å². The van der Waals surface area contributed by atoms with Crippen LogP contribution in [0.25, 0.3) is 11.4 Å². The van der Waals surface area contributed by atoms with Crippen molar-refractivity contribution in [2.24, 2.45) is 7.05 Å². The molecule has 0 spiro atoms. The monoisotopic (exact) mass is 475 g/mol. The van der Waals surface area contributed by atoms with Crippen molar-refractivity contribution in [3.05, 3.63) is 54.1 Å². The molecule has 0 aliphatic rings. The lowest BCUT2D eigenvalue weighted by atomic mass is 10.2. The molecule has 3 rings (SSSR count). The van der Waals surface area contributed by atoms with Gasteiger partial charge in [0.25, 0.3) is 0 Å². The Balaban J connectivity index is 1.60. The SMILES string of the molecule is COC(=O)c1ccc(NC(=O)CSc2nnc(-c3ccc(NS(C)(=O)=O)cc3)n2C)cc1. The molecule has 2 N–H and O–H groups in total. The summed E-state index contributed by atoms with van der Waals surface area (Å²) in [6.45, 7) is 0. The standard InChI is InChI=1S/C20H21N5O5S2/c1-25-18(13-4-10-16(11-5-13)24-32(3,28)29)22-23-20(25)31-12-17(26)21-15-8-6-14(7-9-15)19(27)30-2/h4-11,24H,12H2,1-3H3,(H,21,26). The van der Waals surface area contributed by atoms with E-state index in [1.807, 2.05) is 0 Å². The van der Waals surface area contributed by atoms with E-state index in [1.165, 1.54) is 18.9 Å². The molecule has 12 heteroatoms. The van der Waals surface area contributed by atoms with Crippen LogP contribution >= 0.6 is 11.8 Å². The first-order valence-electron chi connectivity index (χ1n) is 9.25. The number of esters is 1. The zero-order valence-electron chi connectivity index (χ0n) is 17.5. The molecule has 168 valence electrons. The second-order valence-electron chi connectivity index (χ2n) is 6.72. The van der Waals surface area contributed by atoms with Crippen LogP contribution in [0.15, 0.2) is 53.7 Å². The fourth-order valence-electron chi connectivity index (χ4n) is 2.73. The maximum absolute atomic E-state index is 12.3. The maximum atomic E-state index is 12.3. The minimum Gasteiger partial charge on any atom is -0.465 e. The fraction of sp³-hybridized carbons (Fsp3) is 0.200. The van der Waals surface area contributed by atoms with E-state index in [1.54, 1.807) is 60.1 Å². The van der Waals surface area contributed by atoms with Gasteiger partial charge in [-0.05, 0) is 48.5 Å². The fourth-order valence-corrected chi connectivity index (χ4v) is 4.00. The minimum absolute atomic E-state index is 0.113. The van der Waals surface area contributed by atoms with Crippen LogP contribution in [0, 0.1) is 0 Å². The lowest BCUT2D eigenvalue weighted by molar-refractivity contribution is -0.113. The number of thioether (sulfide) groups is 1. The number of sulfonamides is 1. The molecule has 0 aliphatic heterocycles. The van der Waals surface area contributed by atoms with Gasteiger partial charge in [0.1, 0.15) is 0 Å². The molecule has 1 heterocycles. The minimum atomic E-state index is -3.35. The summed E-state index contributed by atoms with van der Waals surface area (Å²) in [5, 5.41) is 11.6. The van der Waals surface area contributed by atoms with Crippen molar-refractivity contribution in [2.45, 2.75) is 5.16 Å². The molecule has 10 nitrogen and oxygen atoms in total. The van der Waals surface area contributed by atoms with E-state index in [2.05, 4.69) is 25.0 Å². The van der Waals surface area contributed by atoms with Crippen molar-refractivity contribution < 1.29 is 22.7 Å². The molecule has 0 atom stereocenters. The molecule has 0 saturated heterocycles. The predicted molar refractivity (Wildman–Crippen MR) is 122 cm³/mol. The van der Waals surface area contributed by atoms with Crippen LogP contribution in [0.3, 0.4) is 0 Å². The Morgan fingerprint density at radius 2 is 1.66 bits per heavy atom. The van der Waals surface area contributed by atoms with E-state index >= 15 is 0 Å². The van der Waals surface area contributed by atoms with Crippen LogP contribution in [0.1, 0.15) is 10.4 Å². The number of benzene rings is 2. The van der Waals surface area contributed by atoms with Crippen LogP contribution in [0.4, 0.5) is 11.4 Å². The molecule has 0 aliphatic carbocycles. The molecule has 0 bridgehead atoms. The molecule has 0 radical (unpaired) electrons. The van der Waals surface area contributed by atoms with Crippen LogP contribution in [-0.2, 0) is 26.6 Å². The summed E-state index contributed by atoms with van der Waals surface area (Å²) in [5.74, 6) is 0.0127. The molecule has 0 saturated carbocycles. The molecule has 1 amide bonds. The lowest BCUT2D eigenvalue weighted by Crippen LogP contribution is -2.14. The molecule has 0 fully saturated rings. The van der Waals surface area contributed by atoms with Crippen LogP contribution in [0.2, 0.25) is 0 Å². The first-order chi connectivity index (χ1) is 15.2. The average molecular weight is 476 g/mol. The van der Waals surface area contributed by atoms with Gasteiger partial charge in [0, 0.05) is 24.0 Å². The number of nitrogens with one attached hydrogen (secondary N) is 2. The summed E-state index contributed by atoms with van der Waals surface area (Å²) in [5.41, 5.74) is 2.15. The third-order valence-corrected chi connectivity index (χ3v) is 5.83. The number of nitrogens with zero attached hydrogens (tertiary/aromatic N) is 3. The number of hydrogen-bond acceptors (Lipinski definition) is 8. The van der Waals surface area contributed by atoms with Crippen molar-refractivity contribution >= 4 is 45.0 Å². The zero-order chi connectivity index (χ0) is 23.3. The highest BCUT2D eigenvalue weighted by Gasteiger charge is 2.14. The van der Waals surface area contributed by atoms with E-state index in [0.29, 0.717) is 27.9 Å². The number of carbonyl (C=O) groups excluding carboxylic acids is 2. The number of methoxy groups -OCH3 is 1. The Morgan fingerprint density at radius 1 is 1.03 bits per heavy atom. The van der Waals surface area contributed by atoms with E-state index in [9.17, 15) is 18.0 Å². The van der Waals surface area contributed by atoms with Crippen molar-refractivity contribution in [3.63, 3.8) is 0 Å². The van der Waals surface area contributed by atoms with E-state index in [-0.39, 0.29) is 11.7 Å². The van der Waals surface area contributed by atoms with Gasteiger partial charge in [-0.25, -0.2) is 13.2 Å². The number of aromatic nitrogens is 3. The summed E-state index contributed by atoms with van der Waals surface area (Å²) in [4.78, 5) is 23.7. The van der Waals surface area contributed by atoms with Crippen molar-refractivity contribution in [1.29, 1.82) is 0 Å². The molecule has 0 unspecified atom stereocenters. The van der Waals surface area contributed by atoms with Gasteiger partial charge in [0.15, 0.2) is 11.0 Å². The lowest BCUT2D eigenvalue weighted by Gasteiger charge is -2.07. The zero-order valence-corrected chi connectivity index (χ0v) is 19.2. The third kappa shape index (κ3) is 6.08. The molecule has 3 aromatic rings. The van der Waals surface area contributed by atoms with Gasteiger partial charge in [-0.2, -0.15) is 0 Å². The van der Waals surface area contributed by atoms with Gasteiger partial charge in [0.2, 0.25) is 15.9 Å². The van der Waals surface area contributed by atoms with E-state index < -0.39 is 16.0 Å². The van der Waals surface area contributed by atoms with Gasteiger partial charge < -0.3 is 14.6 Å². The highest BCUT2D eigenvalue weighted by molar-refractivity contribution is 7.99. The summed E-state index contributed by atoms with van der Waals surface area (Å²) in [6.07, 6.45) is 1.08. The van der Waals surface area contributed by atoms with Gasteiger partial charge in [0.05, 0.1) is 24.7 Å². The Kier molecular flexibility index (Phi) is 7.15. The summed E-state index contributed by atoms with van der Waals surface area (Å²) >= 11 is 1.22. The Labute approximate surface area is 189 Å². The Morgan fingerprint density at radius 3 is 2.25 bits per heavy atom. The smallest absolute Gasteiger partial charge is 0.337 e. The number of ether oxygens (including phenoxy) is 1. The second kappa shape index (κ2) is 9.83. The first kappa shape index (κ1) is 23.3. The largest absolute Gasteiger partial charge is 0.465 e. The van der Waals surface area contributed by atoms with Gasteiger partial charge in [-0.1, -0.05) is 11.8 Å². The summed E-state index contributed by atoms with van der Waals surface area (Å²) in [6, 6.07) is 13.1. The van der Waals surface area contributed by atoms with Crippen LogP contribution < -0.4 is 10.0 Å². The molecule has 1 aromatic heterocycles. The molecular weight excluding hydrogens is 454 g/mol. The summed E-state index contributed by atoms with van der Waals surface area (Å²) < 4.78 is 31.4.